The molecule has 0 amide bonds. The Labute approximate surface area is 108 Å². The molecular weight excluding hydrogens is 342 g/mol. The molecule has 1 aromatic carbocycles. The van der Waals surface area contributed by atoms with Gasteiger partial charge in [0.1, 0.15) is 0 Å². The number of halogens is 1. The second-order valence-corrected chi connectivity index (χ2v) is 4.37. The maximum atomic E-state index is 10.5. The van der Waals surface area contributed by atoms with Crippen LogP contribution in [0.1, 0.15) is 11.7 Å². The van der Waals surface area contributed by atoms with Crippen LogP contribution in [0, 0.1) is 10.1 Å². The van der Waals surface area contributed by atoms with Crippen LogP contribution in [0.3, 0.4) is 0 Å². The van der Waals surface area contributed by atoms with Crippen LogP contribution in [0.2, 0.25) is 0 Å². The Hall–Kier alpha value is -0.905. The standard InChI is InChI=1S/C8H9BIN2O5/c11-10-17-6-3-1-2-5-7(4-12(14)15)16-9(13)8(5)6/h1-3,7,13H,4,11H2/q-1. The predicted molar refractivity (Wildman–Crippen MR) is 54.6 cm³/mol. The fourth-order valence-corrected chi connectivity index (χ4v) is 2.45. The Morgan fingerprint density at radius 3 is 3.12 bits per heavy atom. The molecule has 0 bridgehead atoms. The summed E-state index contributed by atoms with van der Waals surface area (Å²) >= 11 is -0.931. The van der Waals surface area contributed by atoms with Gasteiger partial charge in [0.2, 0.25) is 0 Å². The molecule has 1 atom stereocenters. The van der Waals surface area contributed by atoms with E-state index in [1.54, 1.807) is 18.2 Å². The summed E-state index contributed by atoms with van der Waals surface area (Å²) in [6.45, 7) is -0.384. The Morgan fingerprint density at radius 2 is 2.47 bits per heavy atom. The summed E-state index contributed by atoms with van der Waals surface area (Å²) in [5.41, 5.74) is 1.04. The first-order chi connectivity index (χ1) is 8.13. The second-order valence-electron chi connectivity index (χ2n) is 3.42. The summed E-state index contributed by atoms with van der Waals surface area (Å²) in [5.74, 6) is 0.441. The third-order valence-corrected chi connectivity index (χ3v) is 3.16. The summed E-state index contributed by atoms with van der Waals surface area (Å²) < 4.78 is 15.8. The first-order valence-electron chi connectivity index (χ1n) is 4.72. The van der Waals surface area contributed by atoms with E-state index in [2.05, 4.69) is 0 Å². The van der Waals surface area contributed by atoms with Gasteiger partial charge in [0, 0.05) is 0 Å². The molecule has 0 fully saturated rings. The van der Waals surface area contributed by atoms with Crippen molar-refractivity contribution in [1.29, 1.82) is 0 Å². The zero-order valence-corrected chi connectivity index (χ0v) is 10.7. The number of rotatable bonds is 4. The van der Waals surface area contributed by atoms with Crippen molar-refractivity contribution in [2.24, 2.45) is 3.95 Å². The van der Waals surface area contributed by atoms with E-state index in [0.29, 0.717) is 16.8 Å². The van der Waals surface area contributed by atoms with Crippen LogP contribution in [0.25, 0.3) is 0 Å². The van der Waals surface area contributed by atoms with Gasteiger partial charge in [0.25, 0.3) is 0 Å². The minimum atomic E-state index is -1.19. The van der Waals surface area contributed by atoms with E-state index in [1.165, 1.54) is 0 Å². The number of nitro groups is 1. The molecule has 0 saturated heterocycles. The van der Waals surface area contributed by atoms with E-state index in [4.69, 9.17) is 11.7 Å². The Bertz CT molecular complexity index is 446. The fraction of sp³-hybridized carbons (Fsp3) is 0.250. The van der Waals surface area contributed by atoms with Crippen molar-refractivity contribution in [1.82, 2.24) is 0 Å². The van der Waals surface area contributed by atoms with Gasteiger partial charge < -0.3 is 0 Å². The van der Waals surface area contributed by atoms with E-state index < -0.39 is 40.0 Å². The second kappa shape index (κ2) is 5.17. The maximum absolute atomic E-state index is 10.5. The van der Waals surface area contributed by atoms with Crippen molar-refractivity contribution in [2.45, 2.75) is 6.10 Å². The summed E-state index contributed by atoms with van der Waals surface area (Å²) in [5, 5.41) is 20.2. The molecule has 1 heterocycles. The Kier molecular flexibility index (Phi) is 3.81. The molecule has 0 aliphatic carbocycles. The van der Waals surface area contributed by atoms with Gasteiger partial charge in [-0.2, -0.15) is 0 Å². The van der Waals surface area contributed by atoms with Crippen molar-refractivity contribution in [3.8, 4) is 5.75 Å². The molecule has 17 heavy (non-hydrogen) atoms. The fourth-order valence-electron chi connectivity index (χ4n) is 1.80. The van der Waals surface area contributed by atoms with Crippen molar-refractivity contribution in [2.75, 3.05) is 6.54 Å². The van der Waals surface area contributed by atoms with Gasteiger partial charge in [-0.25, -0.2) is 0 Å². The van der Waals surface area contributed by atoms with E-state index in [-0.39, 0.29) is 6.54 Å². The molecule has 1 aliphatic heterocycles. The van der Waals surface area contributed by atoms with Crippen LogP contribution < -0.4 is 34.4 Å². The molecule has 7 nitrogen and oxygen atoms in total. The Morgan fingerprint density at radius 1 is 1.71 bits per heavy atom. The van der Waals surface area contributed by atoms with Gasteiger partial charge in [-0.3, -0.25) is 0 Å². The third kappa shape index (κ3) is 2.51. The van der Waals surface area contributed by atoms with Crippen LogP contribution in [-0.4, -0.2) is 23.6 Å². The molecule has 1 aromatic rings. The molecule has 92 valence electrons. The number of nitrogens with zero attached hydrogens (tertiary/aromatic N) is 1. The summed E-state index contributed by atoms with van der Waals surface area (Å²) in [6.07, 6.45) is -0.741. The van der Waals surface area contributed by atoms with Gasteiger partial charge in [-0.1, -0.05) is 0 Å². The average Bonchev–Trinajstić information content (AvgIpc) is 2.57. The van der Waals surface area contributed by atoms with Crippen LogP contribution in [0.15, 0.2) is 18.2 Å². The number of fused-ring (bicyclic) bond motifs is 1. The predicted octanol–water partition coefficient (Wildman–Crippen LogP) is -4.02. The van der Waals surface area contributed by atoms with Gasteiger partial charge in [-0.15, -0.1) is 0 Å². The van der Waals surface area contributed by atoms with E-state index in [1.807, 2.05) is 0 Å². The molecule has 0 aromatic heterocycles. The van der Waals surface area contributed by atoms with Crippen LogP contribution in [0.5, 0.6) is 5.75 Å². The molecule has 1 aliphatic rings. The van der Waals surface area contributed by atoms with E-state index in [0.717, 1.165) is 0 Å². The van der Waals surface area contributed by atoms with Crippen molar-refractivity contribution in [3.63, 3.8) is 0 Å². The van der Waals surface area contributed by atoms with Crippen molar-refractivity contribution < 1.29 is 39.6 Å². The van der Waals surface area contributed by atoms with Crippen LogP contribution >= 0.6 is 0 Å². The summed E-state index contributed by atoms with van der Waals surface area (Å²) in [4.78, 5) is 10.0. The van der Waals surface area contributed by atoms with Crippen LogP contribution in [0.4, 0.5) is 0 Å². The number of hydrogen-bond donors (Lipinski definition) is 2. The molecule has 0 saturated carbocycles. The summed E-state index contributed by atoms with van der Waals surface area (Å²) in [6, 6.07) is 5.04. The minimum absolute atomic E-state index is 0.384. The SMILES string of the molecule is N[I-]Oc1cccc2c1B(O)OC2C[N+](=O)[O-]. The monoisotopic (exact) mass is 351 g/mol. The number of nitrogens with two attached hydrogens (primary N) is 1. The molecule has 9 heteroatoms. The molecule has 2 rings (SSSR count). The van der Waals surface area contributed by atoms with Crippen LogP contribution in [-0.2, 0) is 4.65 Å². The van der Waals surface area contributed by atoms with E-state index >= 15 is 0 Å². The molecular formula is C8H9BIN2O5-. The van der Waals surface area contributed by atoms with Crippen molar-refractivity contribution >= 4 is 12.6 Å². The Balaban J connectivity index is 2.35. The molecule has 1 unspecified atom stereocenters. The number of hydrogen-bond acceptors (Lipinski definition) is 6. The first-order valence-corrected chi connectivity index (χ1v) is 6.84. The summed E-state index contributed by atoms with van der Waals surface area (Å²) in [7, 11) is -1.19. The van der Waals surface area contributed by atoms with Gasteiger partial charge in [-0.05, 0) is 0 Å². The first kappa shape index (κ1) is 12.5. The zero-order valence-electron chi connectivity index (χ0n) is 8.58. The number of benzene rings is 1. The quantitative estimate of drug-likeness (QED) is 0.188. The van der Waals surface area contributed by atoms with Crippen molar-refractivity contribution in [3.05, 3.63) is 33.9 Å². The van der Waals surface area contributed by atoms with Gasteiger partial charge in [0.05, 0.1) is 0 Å². The van der Waals surface area contributed by atoms with Gasteiger partial charge >= 0.3 is 108 Å². The zero-order chi connectivity index (χ0) is 12.4. The molecule has 0 spiro atoms. The van der Waals surface area contributed by atoms with Gasteiger partial charge in [0.15, 0.2) is 0 Å². The topological polar surface area (TPSA) is 108 Å². The third-order valence-electron chi connectivity index (χ3n) is 2.43. The van der Waals surface area contributed by atoms with E-state index in [9.17, 15) is 15.1 Å². The molecule has 0 radical (unpaired) electrons. The average molecular weight is 351 g/mol. The normalized spacial score (nSPS) is 18.2. The molecule has 3 N–H and O–H groups in total.